The van der Waals surface area contributed by atoms with Gasteiger partial charge < -0.3 is 5.11 Å². The SMILES string of the molecule is O=C(O)C/C=C\[C@@H]1[C@H]2CCCN3CCC[C@@H](CN1S(=O)(=O)c1ccccc1[N+](=O)[O-])[C@@H]23. The minimum Gasteiger partial charge on any atom is -0.481 e. The van der Waals surface area contributed by atoms with E-state index in [0.29, 0.717) is 0 Å². The molecule has 0 unspecified atom stereocenters. The lowest BCUT2D eigenvalue weighted by molar-refractivity contribution is -0.387. The van der Waals surface area contributed by atoms with E-state index in [1.165, 1.54) is 34.6 Å². The number of piperidine rings is 3. The summed E-state index contributed by atoms with van der Waals surface area (Å²) in [4.78, 5) is 24.0. The molecule has 3 aliphatic rings. The lowest BCUT2D eigenvalue weighted by Crippen LogP contribution is -2.65. The molecule has 3 heterocycles. The van der Waals surface area contributed by atoms with Crippen molar-refractivity contribution in [1.82, 2.24) is 9.21 Å². The fraction of sp³-hybridized carbons (Fsp3) is 0.571. The van der Waals surface area contributed by atoms with Crippen LogP contribution in [0.3, 0.4) is 0 Å². The maximum Gasteiger partial charge on any atom is 0.307 e. The van der Waals surface area contributed by atoms with Crippen LogP contribution in [0.4, 0.5) is 5.69 Å². The van der Waals surface area contributed by atoms with Gasteiger partial charge in [-0.1, -0.05) is 24.3 Å². The standard InChI is InChI=1S/C21H27N3O6S/c25-20(26)11-3-9-17-16-7-5-13-22-12-4-6-15(21(16)22)14-23(17)31(29,30)19-10-2-1-8-18(19)24(27)28/h1-3,8-10,15-17,21H,4-7,11-14H2,(H,25,26)/b9-3-/t15-,16+,17+,21-/m0/s1. The molecule has 0 spiro atoms. The fourth-order valence-electron chi connectivity index (χ4n) is 5.65. The third kappa shape index (κ3) is 4.11. The van der Waals surface area contributed by atoms with Gasteiger partial charge in [-0.2, -0.15) is 4.31 Å². The number of nitrogens with zero attached hydrogens (tertiary/aromatic N) is 3. The summed E-state index contributed by atoms with van der Waals surface area (Å²) in [6.45, 7) is 2.29. The number of nitro groups is 1. The Labute approximate surface area is 181 Å². The summed E-state index contributed by atoms with van der Waals surface area (Å²) < 4.78 is 28.8. The summed E-state index contributed by atoms with van der Waals surface area (Å²) in [6.07, 6.45) is 6.74. The van der Waals surface area contributed by atoms with Crippen molar-refractivity contribution in [2.75, 3.05) is 19.6 Å². The molecule has 1 N–H and O–H groups in total. The number of sulfonamides is 1. The van der Waals surface area contributed by atoms with Gasteiger partial charge in [0.2, 0.25) is 10.0 Å². The van der Waals surface area contributed by atoms with E-state index in [-0.39, 0.29) is 35.7 Å². The maximum absolute atomic E-state index is 13.7. The van der Waals surface area contributed by atoms with Crippen LogP contribution in [-0.2, 0) is 14.8 Å². The zero-order valence-electron chi connectivity index (χ0n) is 17.2. The number of nitro benzene ring substituents is 1. The van der Waals surface area contributed by atoms with Gasteiger partial charge in [0, 0.05) is 24.7 Å². The average molecular weight is 450 g/mol. The first-order chi connectivity index (χ1) is 14.8. The summed E-state index contributed by atoms with van der Waals surface area (Å²) in [5, 5.41) is 20.6. The fourth-order valence-corrected chi connectivity index (χ4v) is 7.50. The van der Waals surface area contributed by atoms with Gasteiger partial charge >= 0.3 is 5.97 Å². The highest BCUT2D eigenvalue weighted by atomic mass is 32.2. The van der Waals surface area contributed by atoms with E-state index in [1.54, 1.807) is 6.08 Å². The van der Waals surface area contributed by atoms with Crippen molar-refractivity contribution in [2.24, 2.45) is 11.8 Å². The highest BCUT2D eigenvalue weighted by Gasteiger charge is 2.51. The number of carboxylic acids is 1. The van der Waals surface area contributed by atoms with Crippen LogP contribution in [0.2, 0.25) is 0 Å². The van der Waals surface area contributed by atoms with Crippen LogP contribution >= 0.6 is 0 Å². The Morgan fingerprint density at radius 2 is 1.94 bits per heavy atom. The molecule has 1 aromatic carbocycles. The number of hydrogen-bond donors (Lipinski definition) is 1. The van der Waals surface area contributed by atoms with Gasteiger partial charge in [-0.25, -0.2) is 8.42 Å². The molecule has 9 nitrogen and oxygen atoms in total. The van der Waals surface area contributed by atoms with Crippen molar-refractivity contribution in [2.45, 2.75) is 49.1 Å². The molecule has 1 aromatic rings. The zero-order valence-corrected chi connectivity index (χ0v) is 18.0. The number of carboxylic acid groups (broad SMARTS) is 1. The first-order valence-corrected chi connectivity index (χ1v) is 12.1. The van der Waals surface area contributed by atoms with Crippen LogP contribution < -0.4 is 0 Å². The van der Waals surface area contributed by atoms with Crippen molar-refractivity contribution >= 4 is 21.7 Å². The Hall–Kier alpha value is -2.30. The van der Waals surface area contributed by atoms with Crippen molar-refractivity contribution in [1.29, 1.82) is 0 Å². The lowest BCUT2D eigenvalue weighted by Gasteiger charge is -2.56. The van der Waals surface area contributed by atoms with Crippen LogP contribution in [0.1, 0.15) is 32.1 Å². The predicted molar refractivity (Wildman–Crippen MR) is 113 cm³/mol. The van der Waals surface area contributed by atoms with Crippen molar-refractivity contribution in [3.05, 3.63) is 46.5 Å². The smallest absolute Gasteiger partial charge is 0.307 e. The molecule has 0 aliphatic carbocycles. The zero-order chi connectivity index (χ0) is 22.2. The van der Waals surface area contributed by atoms with Gasteiger partial charge in [-0.05, 0) is 56.7 Å². The monoisotopic (exact) mass is 449 g/mol. The Bertz CT molecular complexity index is 993. The first-order valence-electron chi connectivity index (χ1n) is 10.7. The minimum absolute atomic E-state index is 0.0374. The summed E-state index contributed by atoms with van der Waals surface area (Å²) >= 11 is 0. The van der Waals surface area contributed by atoms with Crippen LogP contribution in [0.5, 0.6) is 0 Å². The second kappa shape index (κ2) is 8.68. The Morgan fingerprint density at radius 1 is 1.23 bits per heavy atom. The molecule has 31 heavy (non-hydrogen) atoms. The quantitative estimate of drug-likeness (QED) is 0.402. The molecule has 3 saturated heterocycles. The van der Waals surface area contributed by atoms with Gasteiger partial charge in [0.05, 0.1) is 11.3 Å². The Kier molecular flexibility index (Phi) is 6.14. The molecule has 0 aromatic heterocycles. The van der Waals surface area contributed by atoms with E-state index in [4.69, 9.17) is 5.11 Å². The van der Waals surface area contributed by atoms with Crippen LogP contribution in [0.15, 0.2) is 41.3 Å². The molecule has 10 heteroatoms. The van der Waals surface area contributed by atoms with Crippen molar-refractivity contribution in [3.63, 3.8) is 0 Å². The Balaban J connectivity index is 1.77. The largest absolute Gasteiger partial charge is 0.481 e. The van der Waals surface area contributed by atoms with E-state index in [9.17, 15) is 23.3 Å². The van der Waals surface area contributed by atoms with Crippen LogP contribution in [0, 0.1) is 22.0 Å². The highest BCUT2D eigenvalue weighted by Crippen LogP contribution is 2.44. The number of aliphatic carboxylic acids is 1. The number of rotatable bonds is 6. The van der Waals surface area contributed by atoms with Gasteiger partial charge in [0.1, 0.15) is 0 Å². The number of hydrogen-bond acceptors (Lipinski definition) is 6. The molecule has 4 rings (SSSR count). The molecule has 3 aliphatic heterocycles. The first kappa shape index (κ1) is 21.9. The van der Waals surface area contributed by atoms with Gasteiger partial charge in [0.15, 0.2) is 4.90 Å². The molecule has 0 amide bonds. The van der Waals surface area contributed by atoms with Crippen LogP contribution in [-0.4, -0.2) is 65.3 Å². The molecule has 0 radical (unpaired) electrons. The summed E-state index contributed by atoms with van der Waals surface area (Å²) in [5.74, 6) is -0.780. The molecule has 0 saturated carbocycles. The maximum atomic E-state index is 13.7. The van der Waals surface area contributed by atoms with E-state index < -0.39 is 32.6 Å². The van der Waals surface area contributed by atoms with Gasteiger partial charge in [-0.3, -0.25) is 19.8 Å². The van der Waals surface area contributed by atoms with Gasteiger partial charge in [0.25, 0.3) is 5.69 Å². The molecule has 4 atom stereocenters. The second-order valence-corrected chi connectivity index (χ2v) is 10.4. The summed E-state index contributed by atoms with van der Waals surface area (Å²) in [7, 11) is -4.15. The number of carbonyl (C=O) groups is 1. The lowest BCUT2D eigenvalue weighted by atomic mass is 9.70. The second-order valence-electron chi connectivity index (χ2n) is 8.55. The van der Waals surface area contributed by atoms with Crippen molar-refractivity contribution < 1.29 is 23.2 Å². The molecular formula is C21H27N3O6S. The number of para-hydroxylation sites is 1. The molecular weight excluding hydrogens is 422 g/mol. The van der Waals surface area contributed by atoms with Crippen LogP contribution in [0.25, 0.3) is 0 Å². The Morgan fingerprint density at radius 3 is 2.65 bits per heavy atom. The van der Waals surface area contributed by atoms with E-state index in [1.807, 2.05) is 0 Å². The molecule has 0 bridgehead atoms. The summed E-state index contributed by atoms with van der Waals surface area (Å²) in [5.41, 5.74) is -0.438. The highest BCUT2D eigenvalue weighted by molar-refractivity contribution is 7.89. The minimum atomic E-state index is -4.15. The predicted octanol–water partition coefficient (Wildman–Crippen LogP) is 2.49. The molecule has 3 fully saturated rings. The normalized spacial score (nSPS) is 29.5. The van der Waals surface area contributed by atoms with E-state index in [0.717, 1.165) is 38.8 Å². The van der Waals surface area contributed by atoms with Crippen molar-refractivity contribution in [3.8, 4) is 0 Å². The number of benzene rings is 1. The summed E-state index contributed by atoms with van der Waals surface area (Å²) in [6, 6.07) is 5.17. The van der Waals surface area contributed by atoms with Gasteiger partial charge in [-0.15, -0.1) is 0 Å². The van der Waals surface area contributed by atoms with E-state index >= 15 is 0 Å². The van der Waals surface area contributed by atoms with E-state index in [2.05, 4.69) is 4.90 Å². The average Bonchev–Trinajstić information content (AvgIpc) is 2.75. The topological polar surface area (TPSA) is 121 Å². The third-order valence-electron chi connectivity index (χ3n) is 6.81. The molecule has 168 valence electrons. The third-order valence-corrected chi connectivity index (χ3v) is 8.72.